The van der Waals surface area contributed by atoms with E-state index in [-0.39, 0.29) is 12.4 Å². The predicted molar refractivity (Wildman–Crippen MR) is 69.9 cm³/mol. The number of benzene rings is 1. The highest BCUT2D eigenvalue weighted by atomic mass is 35.5. The molecule has 0 bridgehead atoms. The van der Waals surface area contributed by atoms with Crippen LogP contribution in [-0.2, 0) is 6.42 Å². The molecule has 17 heavy (non-hydrogen) atoms. The highest BCUT2D eigenvalue weighted by Crippen LogP contribution is 2.18. The van der Waals surface area contributed by atoms with Gasteiger partial charge in [-0.25, -0.2) is 4.79 Å². The Bertz CT molecular complexity index is 358. The maximum Gasteiger partial charge on any atom is 0.335 e. The molecule has 94 valence electrons. The van der Waals surface area contributed by atoms with Gasteiger partial charge < -0.3 is 10.4 Å². The van der Waals surface area contributed by atoms with Gasteiger partial charge in [-0.2, -0.15) is 0 Å². The monoisotopic (exact) mass is 255 g/mol. The molecule has 2 N–H and O–H groups in total. The molecule has 0 saturated carbocycles. The lowest BCUT2D eigenvalue weighted by molar-refractivity contribution is 0.0697. The summed E-state index contributed by atoms with van der Waals surface area (Å²) in [4.78, 5) is 10.7. The lowest BCUT2D eigenvalue weighted by Crippen LogP contribution is -2.28. The number of carbonyl (C=O) groups is 1. The Morgan fingerprint density at radius 2 is 1.82 bits per heavy atom. The third-order valence-corrected chi connectivity index (χ3v) is 3.18. The van der Waals surface area contributed by atoms with Gasteiger partial charge in [0.1, 0.15) is 0 Å². The minimum Gasteiger partial charge on any atom is -0.478 e. The first kappa shape index (κ1) is 14.0. The molecule has 3 nitrogen and oxygen atoms in total. The van der Waals surface area contributed by atoms with Crippen molar-refractivity contribution in [3.8, 4) is 0 Å². The summed E-state index contributed by atoms with van der Waals surface area (Å²) < 4.78 is 0. The molecule has 0 radical (unpaired) electrons. The first-order valence-electron chi connectivity index (χ1n) is 5.78. The second-order valence-electron chi connectivity index (χ2n) is 4.40. The molecule has 2 rings (SSSR count). The van der Waals surface area contributed by atoms with Crippen molar-refractivity contribution in [2.45, 2.75) is 19.3 Å². The maximum atomic E-state index is 10.7. The van der Waals surface area contributed by atoms with Crippen LogP contribution < -0.4 is 5.32 Å². The zero-order valence-corrected chi connectivity index (χ0v) is 10.5. The highest BCUT2D eigenvalue weighted by Gasteiger charge is 2.13. The molecule has 0 unspecified atom stereocenters. The van der Waals surface area contributed by atoms with E-state index in [9.17, 15) is 4.79 Å². The molecule has 0 spiro atoms. The predicted octanol–water partition coefficient (Wildman–Crippen LogP) is 2.35. The number of nitrogens with one attached hydrogen (secondary N) is 1. The van der Waals surface area contributed by atoms with E-state index in [0.29, 0.717) is 5.56 Å². The van der Waals surface area contributed by atoms with Crippen LogP contribution in [0.15, 0.2) is 24.3 Å². The smallest absolute Gasteiger partial charge is 0.335 e. The second kappa shape index (κ2) is 6.62. The Morgan fingerprint density at radius 3 is 2.35 bits per heavy atom. The van der Waals surface area contributed by atoms with Crippen LogP contribution in [0.5, 0.6) is 0 Å². The lowest BCUT2D eigenvalue weighted by atomic mass is 9.91. The Balaban J connectivity index is 0.00000144. The molecule has 0 amide bonds. The van der Waals surface area contributed by atoms with Crippen LogP contribution in [0.1, 0.15) is 28.8 Å². The fourth-order valence-electron chi connectivity index (χ4n) is 2.20. The number of carboxylic acids is 1. The fraction of sp³-hybridized carbons (Fsp3) is 0.462. The molecule has 1 aliphatic rings. The van der Waals surface area contributed by atoms with E-state index in [1.54, 1.807) is 12.1 Å². The summed E-state index contributed by atoms with van der Waals surface area (Å²) in [6.07, 6.45) is 3.52. The van der Waals surface area contributed by atoms with Crippen LogP contribution in [-0.4, -0.2) is 24.2 Å². The lowest BCUT2D eigenvalue weighted by Gasteiger charge is -2.22. The standard InChI is InChI=1S/C13H17NO2.ClH/c15-13(16)12-3-1-10(2-4-12)9-11-5-7-14-8-6-11;/h1-4,11,14H,5-9H2,(H,15,16);1H. The van der Waals surface area contributed by atoms with Crippen molar-refractivity contribution in [3.63, 3.8) is 0 Å². The first-order chi connectivity index (χ1) is 7.75. The number of hydrogen-bond acceptors (Lipinski definition) is 2. The summed E-state index contributed by atoms with van der Waals surface area (Å²) in [7, 11) is 0. The van der Waals surface area contributed by atoms with Crippen molar-refractivity contribution >= 4 is 18.4 Å². The minimum absolute atomic E-state index is 0. The summed E-state index contributed by atoms with van der Waals surface area (Å²) in [6, 6.07) is 7.26. The summed E-state index contributed by atoms with van der Waals surface area (Å²) in [5.41, 5.74) is 1.62. The van der Waals surface area contributed by atoms with E-state index in [1.807, 2.05) is 12.1 Å². The molecule has 4 heteroatoms. The van der Waals surface area contributed by atoms with Gasteiger partial charge in [-0.1, -0.05) is 12.1 Å². The molecule has 1 aromatic rings. The third-order valence-electron chi connectivity index (χ3n) is 3.18. The Hall–Kier alpha value is -1.06. The molecule has 0 atom stereocenters. The summed E-state index contributed by atoms with van der Waals surface area (Å²) in [6.45, 7) is 2.22. The van der Waals surface area contributed by atoms with E-state index in [2.05, 4.69) is 5.32 Å². The van der Waals surface area contributed by atoms with Crippen LogP contribution in [0.3, 0.4) is 0 Å². The van der Waals surface area contributed by atoms with Crippen LogP contribution in [0, 0.1) is 5.92 Å². The van der Waals surface area contributed by atoms with Crippen LogP contribution in [0.4, 0.5) is 0 Å². The second-order valence-corrected chi connectivity index (χ2v) is 4.40. The van der Waals surface area contributed by atoms with Gasteiger partial charge in [-0.05, 0) is 56.0 Å². The number of halogens is 1. The molecule has 1 aliphatic heterocycles. The molecule has 0 aromatic heterocycles. The molecule has 1 heterocycles. The van der Waals surface area contributed by atoms with Gasteiger partial charge in [0.2, 0.25) is 0 Å². The topological polar surface area (TPSA) is 49.3 Å². The molecule has 1 fully saturated rings. The zero-order chi connectivity index (χ0) is 11.4. The number of aromatic carboxylic acids is 1. The zero-order valence-electron chi connectivity index (χ0n) is 9.69. The van der Waals surface area contributed by atoms with E-state index < -0.39 is 5.97 Å². The number of carboxylic acid groups (broad SMARTS) is 1. The van der Waals surface area contributed by atoms with E-state index >= 15 is 0 Å². The first-order valence-corrected chi connectivity index (χ1v) is 5.78. The number of hydrogen-bond donors (Lipinski definition) is 2. The Morgan fingerprint density at radius 1 is 1.24 bits per heavy atom. The third kappa shape index (κ3) is 4.02. The molecule has 1 aromatic carbocycles. The molecular weight excluding hydrogens is 238 g/mol. The molecule has 1 saturated heterocycles. The molecular formula is C13H18ClNO2. The normalized spacial score (nSPS) is 16.2. The van der Waals surface area contributed by atoms with Gasteiger partial charge >= 0.3 is 5.97 Å². The average molecular weight is 256 g/mol. The molecule has 0 aliphatic carbocycles. The van der Waals surface area contributed by atoms with Crippen molar-refractivity contribution < 1.29 is 9.90 Å². The van der Waals surface area contributed by atoms with Crippen LogP contribution in [0.25, 0.3) is 0 Å². The van der Waals surface area contributed by atoms with Crippen molar-refractivity contribution in [1.82, 2.24) is 5.32 Å². The van der Waals surface area contributed by atoms with Crippen molar-refractivity contribution in [2.24, 2.45) is 5.92 Å². The Labute approximate surface area is 108 Å². The minimum atomic E-state index is -0.853. The van der Waals surface area contributed by atoms with Crippen LogP contribution in [0.2, 0.25) is 0 Å². The average Bonchev–Trinajstić information content (AvgIpc) is 2.31. The Kier molecular flexibility index (Phi) is 5.45. The van der Waals surface area contributed by atoms with Crippen molar-refractivity contribution in [1.29, 1.82) is 0 Å². The quantitative estimate of drug-likeness (QED) is 0.872. The van der Waals surface area contributed by atoms with E-state index in [1.165, 1.54) is 18.4 Å². The van der Waals surface area contributed by atoms with Gasteiger partial charge in [0.05, 0.1) is 5.56 Å². The van der Waals surface area contributed by atoms with Gasteiger partial charge in [-0.15, -0.1) is 12.4 Å². The largest absolute Gasteiger partial charge is 0.478 e. The SMILES string of the molecule is Cl.O=C(O)c1ccc(CC2CCNCC2)cc1. The van der Waals surface area contributed by atoms with Crippen molar-refractivity contribution in [2.75, 3.05) is 13.1 Å². The maximum absolute atomic E-state index is 10.7. The van der Waals surface area contributed by atoms with Gasteiger partial charge in [-0.3, -0.25) is 0 Å². The summed E-state index contributed by atoms with van der Waals surface area (Å²) in [5, 5.41) is 12.1. The van der Waals surface area contributed by atoms with Gasteiger partial charge in [0.15, 0.2) is 0 Å². The summed E-state index contributed by atoms with van der Waals surface area (Å²) >= 11 is 0. The fourth-order valence-corrected chi connectivity index (χ4v) is 2.20. The van der Waals surface area contributed by atoms with Gasteiger partial charge in [0, 0.05) is 0 Å². The van der Waals surface area contributed by atoms with Gasteiger partial charge in [0.25, 0.3) is 0 Å². The number of piperidine rings is 1. The van der Waals surface area contributed by atoms with E-state index in [0.717, 1.165) is 25.4 Å². The number of rotatable bonds is 3. The van der Waals surface area contributed by atoms with Crippen LogP contribution >= 0.6 is 12.4 Å². The highest BCUT2D eigenvalue weighted by molar-refractivity contribution is 5.87. The van der Waals surface area contributed by atoms with Crippen molar-refractivity contribution in [3.05, 3.63) is 35.4 Å². The van der Waals surface area contributed by atoms with E-state index in [4.69, 9.17) is 5.11 Å². The summed E-state index contributed by atoms with van der Waals surface area (Å²) in [5.74, 6) is -0.106.